The van der Waals surface area contributed by atoms with Gasteiger partial charge in [-0.2, -0.15) is 10.1 Å². The highest BCUT2D eigenvalue weighted by atomic mass is 16.5. The lowest BCUT2D eigenvalue weighted by Crippen LogP contribution is -1.89. The molecule has 3 rings (SSSR count). The quantitative estimate of drug-likeness (QED) is 0.531. The topological polar surface area (TPSA) is 103 Å². The number of phenolic OH excluding ortho intramolecular Hbond substituents is 1. The van der Waals surface area contributed by atoms with E-state index in [-0.39, 0.29) is 17.3 Å². The Balaban J connectivity index is 2.04. The maximum absolute atomic E-state index is 9.86. The molecule has 3 aromatic rings. The number of rotatable bonds is 2. The summed E-state index contributed by atoms with van der Waals surface area (Å²) in [6.45, 7) is 0. The third-order valence-electron chi connectivity index (χ3n) is 2.67. The van der Waals surface area contributed by atoms with Crippen LogP contribution in [0.4, 0.5) is 5.69 Å². The van der Waals surface area contributed by atoms with Crippen molar-refractivity contribution in [3.05, 3.63) is 30.5 Å². The summed E-state index contributed by atoms with van der Waals surface area (Å²) in [5, 5.41) is 17.9. The number of hydrogen-bond donors (Lipinski definition) is 2. The minimum Gasteiger partial charge on any atom is -0.505 e. The molecule has 0 unspecified atom stereocenters. The first kappa shape index (κ1) is 11.3. The number of anilines is 1. The molecule has 3 N–H and O–H groups in total. The molecule has 0 aliphatic carbocycles. The Kier molecular flexibility index (Phi) is 2.45. The summed E-state index contributed by atoms with van der Waals surface area (Å²) in [6.07, 6.45) is 1.78. The molecule has 1 aromatic carbocycles. The zero-order valence-electron chi connectivity index (χ0n) is 10.1. The van der Waals surface area contributed by atoms with E-state index in [2.05, 4.69) is 15.2 Å². The molecular formula is C12H11N5O2. The third kappa shape index (κ3) is 1.90. The van der Waals surface area contributed by atoms with Gasteiger partial charge in [0, 0.05) is 13.2 Å². The summed E-state index contributed by atoms with van der Waals surface area (Å²) >= 11 is 0. The van der Waals surface area contributed by atoms with Crippen LogP contribution in [0.2, 0.25) is 0 Å². The molecule has 7 heteroatoms. The molecule has 0 aliphatic rings. The van der Waals surface area contributed by atoms with Gasteiger partial charge in [-0.1, -0.05) is 11.2 Å². The normalized spacial score (nSPS) is 10.8. The number of benzene rings is 1. The molecule has 19 heavy (non-hydrogen) atoms. The van der Waals surface area contributed by atoms with Crippen molar-refractivity contribution in [1.82, 2.24) is 19.9 Å². The first-order chi connectivity index (χ1) is 9.15. The predicted molar refractivity (Wildman–Crippen MR) is 68.0 cm³/mol. The summed E-state index contributed by atoms with van der Waals surface area (Å²) in [5.41, 5.74) is 6.88. The largest absolute Gasteiger partial charge is 0.505 e. The van der Waals surface area contributed by atoms with Crippen LogP contribution in [0, 0.1) is 0 Å². The van der Waals surface area contributed by atoms with Gasteiger partial charge in [0.1, 0.15) is 5.69 Å². The maximum Gasteiger partial charge on any atom is 0.262 e. The Morgan fingerprint density at radius 2 is 2.16 bits per heavy atom. The fourth-order valence-electron chi connectivity index (χ4n) is 1.71. The maximum atomic E-state index is 9.86. The third-order valence-corrected chi connectivity index (χ3v) is 2.67. The molecule has 0 spiro atoms. The van der Waals surface area contributed by atoms with Crippen molar-refractivity contribution in [1.29, 1.82) is 0 Å². The van der Waals surface area contributed by atoms with Crippen LogP contribution in [0.15, 0.2) is 35.0 Å². The molecule has 0 amide bonds. The van der Waals surface area contributed by atoms with Crippen LogP contribution in [0.3, 0.4) is 0 Å². The number of nitrogen functional groups attached to an aromatic ring is 1. The Labute approximate surface area is 108 Å². The van der Waals surface area contributed by atoms with Crippen LogP contribution < -0.4 is 5.73 Å². The zero-order valence-corrected chi connectivity index (χ0v) is 10.1. The van der Waals surface area contributed by atoms with E-state index in [1.807, 2.05) is 0 Å². The molecule has 0 aliphatic heterocycles. The van der Waals surface area contributed by atoms with E-state index in [0.29, 0.717) is 17.1 Å². The highest BCUT2D eigenvalue weighted by molar-refractivity contribution is 5.72. The molecule has 2 heterocycles. The van der Waals surface area contributed by atoms with Crippen molar-refractivity contribution < 1.29 is 9.63 Å². The molecule has 0 atom stereocenters. The van der Waals surface area contributed by atoms with E-state index >= 15 is 0 Å². The van der Waals surface area contributed by atoms with Gasteiger partial charge in [0.25, 0.3) is 5.89 Å². The number of hydrogen-bond acceptors (Lipinski definition) is 6. The molecule has 0 saturated carbocycles. The molecule has 96 valence electrons. The molecule has 0 bridgehead atoms. The van der Waals surface area contributed by atoms with E-state index in [4.69, 9.17) is 10.3 Å². The lowest BCUT2D eigenvalue weighted by atomic mass is 10.2. The fourth-order valence-corrected chi connectivity index (χ4v) is 1.71. The number of para-hydroxylation sites is 1. The SMILES string of the molecule is Cn1ccc(-c2noc(-c3cccc(N)c3O)n2)n1. The van der Waals surface area contributed by atoms with E-state index < -0.39 is 0 Å². The van der Waals surface area contributed by atoms with Gasteiger partial charge in [-0.15, -0.1) is 0 Å². The van der Waals surface area contributed by atoms with Crippen LogP contribution in [0.1, 0.15) is 0 Å². The molecular weight excluding hydrogens is 246 g/mol. The van der Waals surface area contributed by atoms with Crippen LogP contribution in [-0.2, 0) is 7.05 Å². The van der Waals surface area contributed by atoms with Gasteiger partial charge in [-0.25, -0.2) is 0 Å². The number of nitrogens with zero attached hydrogens (tertiary/aromatic N) is 4. The summed E-state index contributed by atoms with van der Waals surface area (Å²) in [4.78, 5) is 4.20. The van der Waals surface area contributed by atoms with Crippen molar-refractivity contribution in [3.63, 3.8) is 0 Å². The number of phenols is 1. The Bertz CT molecular complexity index is 731. The minimum absolute atomic E-state index is 0.0706. The van der Waals surface area contributed by atoms with Crippen LogP contribution >= 0.6 is 0 Å². The van der Waals surface area contributed by atoms with Crippen molar-refractivity contribution in [2.75, 3.05) is 5.73 Å². The van der Waals surface area contributed by atoms with Gasteiger partial charge in [-0.3, -0.25) is 4.68 Å². The number of aryl methyl sites for hydroxylation is 1. The van der Waals surface area contributed by atoms with Crippen LogP contribution in [0.25, 0.3) is 23.0 Å². The Hall–Kier alpha value is -2.83. The minimum atomic E-state index is -0.0706. The standard InChI is InChI=1S/C12H11N5O2/c1-17-6-5-9(15-17)11-14-12(19-16-11)7-3-2-4-8(13)10(7)18/h2-6,18H,13H2,1H3. The van der Waals surface area contributed by atoms with E-state index in [1.165, 1.54) is 0 Å². The Morgan fingerprint density at radius 3 is 2.89 bits per heavy atom. The van der Waals surface area contributed by atoms with E-state index in [9.17, 15) is 5.11 Å². The first-order valence-corrected chi connectivity index (χ1v) is 5.56. The second-order valence-corrected chi connectivity index (χ2v) is 4.04. The van der Waals surface area contributed by atoms with Crippen molar-refractivity contribution in [2.24, 2.45) is 7.05 Å². The number of aromatic nitrogens is 4. The highest BCUT2D eigenvalue weighted by Gasteiger charge is 2.16. The second-order valence-electron chi connectivity index (χ2n) is 4.04. The zero-order chi connectivity index (χ0) is 13.4. The van der Waals surface area contributed by atoms with Crippen molar-refractivity contribution >= 4 is 5.69 Å². The Morgan fingerprint density at radius 1 is 1.32 bits per heavy atom. The molecule has 0 fully saturated rings. The van der Waals surface area contributed by atoms with Crippen molar-refractivity contribution in [2.45, 2.75) is 0 Å². The second kappa shape index (κ2) is 4.13. The monoisotopic (exact) mass is 257 g/mol. The first-order valence-electron chi connectivity index (χ1n) is 5.56. The van der Waals surface area contributed by atoms with Gasteiger partial charge >= 0.3 is 0 Å². The molecule has 2 aromatic heterocycles. The van der Waals surface area contributed by atoms with Gasteiger partial charge in [-0.05, 0) is 18.2 Å². The van der Waals surface area contributed by atoms with E-state index in [0.717, 1.165) is 0 Å². The van der Waals surface area contributed by atoms with Gasteiger partial charge in [0.15, 0.2) is 5.75 Å². The summed E-state index contributed by atoms with van der Waals surface area (Å²) < 4.78 is 6.77. The molecule has 0 radical (unpaired) electrons. The smallest absolute Gasteiger partial charge is 0.262 e. The summed E-state index contributed by atoms with van der Waals surface area (Å²) in [5.74, 6) is 0.488. The summed E-state index contributed by atoms with van der Waals surface area (Å²) in [6, 6.07) is 6.72. The predicted octanol–water partition coefficient (Wildman–Crippen LogP) is 1.42. The van der Waals surface area contributed by atoms with Gasteiger partial charge in [0.05, 0.1) is 11.3 Å². The average Bonchev–Trinajstić information content (AvgIpc) is 3.01. The van der Waals surface area contributed by atoms with Crippen molar-refractivity contribution in [3.8, 4) is 28.7 Å². The lowest BCUT2D eigenvalue weighted by molar-refractivity contribution is 0.426. The average molecular weight is 257 g/mol. The van der Waals surface area contributed by atoms with Gasteiger partial charge in [0.2, 0.25) is 5.82 Å². The molecule has 7 nitrogen and oxygen atoms in total. The summed E-state index contributed by atoms with van der Waals surface area (Å²) in [7, 11) is 1.80. The fraction of sp³-hybridized carbons (Fsp3) is 0.0833. The van der Waals surface area contributed by atoms with Crippen LogP contribution in [0.5, 0.6) is 5.75 Å². The lowest BCUT2D eigenvalue weighted by Gasteiger charge is -2.01. The van der Waals surface area contributed by atoms with Gasteiger partial charge < -0.3 is 15.4 Å². The van der Waals surface area contributed by atoms with E-state index in [1.54, 1.807) is 42.2 Å². The highest BCUT2D eigenvalue weighted by Crippen LogP contribution is 2.33. The molecule has 0 saturated heterocycles. The number of aromatic hydroxyl groups is 1. The number of nitrogens with two attached hydrogens (primary N) is 1. The van der Waals surface area contributed by atoms with Crippen LogP contribution in [-0.4, -0.2) is 25.0 Å².